The topological polar surface area (TPSA) is 86.8 Å². The largest absolute Gasteiger partial charge is 0.354 e. The Morgan fingerprint density at radius 3 is 2.08 bits per heavy atom. The van der Waals surface area contributed by atoms with E-state index in [9.17, 15) is 22.4 Å². The summed E-state index contributed by atoms with van der Waals surface area (Å²) in [5, 5.41) is 2.85. The average Bonchev–Trinajstić information content (AvgIpc) is 2.91. The van der Waals surface area contributed by atoms with Gasteiger partial charge in [-0.3, -0.25) is 13.9 Å². The number of hydrogen-bond acceptors (Lipinski definition) is 4. The van der Waals surface area contributed by atoms with Crippen LogP contribution in [0.5, 0.6) is 0 Å². The van der Waals surface area contributed by atoms with Gasteiger partial charge in [0.2, 0.25) is 11.8 Å². The van der Waals surface area contributed by atoms with Crippen LogP contribution in [0, 0.1) is 32.5 Å². The quantitative estimate of drug-likeness (QED) is 0.348. The number of halogens is 1. The molecule has 0 spiro atoms. The molecule has 0 unspecified atom stereocenters. The molecule has 3 rings (SSSR count). The van der Waals surface area contributed by atoms with E-state index in [-0.39, 0.29) is 23.3 Å². The van der Waals surface area contributed by atoms with E-state index in [4.69, 9.17) is 0 Å². The third-order valence-electron chi connectivity index (χ3n) is 6.64. The third-order valence-corrected chi connectivity index (χ3v) is 8.41. The van der Waals surface area contributed by atoms with E-state index in [1.54, 1.807) is 44.2 Å². The Balaban J connectivity index is 2.05. The van der Waals surface area contributed by atoms with Crippen molar-refractivity contribution in [3.8, 4) is 0 Å². The first-order chi connectivity index (χ1) is 18.8. The molecule has 0 fully saturated rings. The maximum Gasteiger partial charge on any atom is 0.264 e. The number of hydrogen-bond donors (Lipinski definition) is 1. The summed E-state index contributed by atoms with van der Waals surface area (Å²) in [4.78, 5) is 28.4. The molecule has 7 nitrogen and oxygen atoms in total. The highest BCUT2D eigenvalue weighted by atomic mass is 32.2. The molecular formula is C31H38FN3O4S. The van der Waals surface area contributed by atoms with E-state index in [0.717, 1.165) is 15.4 Å². The number of aryl methyl sites for hydroxylation is 3. The normalized spacial score (nSPS) is 12.2. The Labute approximate surface area is 237 Å². The fourth-order valence-corrected chi connectivity index (χ4v) is 5.63. The first kappa shape index (κ1) is 30.8. The molecule has 1 atom stereocenters. The van der Waals surface area contributed by atoms with Gasteiger partial charge in [0, 0.05) is 13.1 Å². The molecule has 214 valence electrons. The van der Waals surface area contributed by atoms with Crippen LogP contribution in [0.3, 0.4) is 0 Å². The second-order valence-electron chi connectivity index (χ2n) is 10.6. The van der Waals surface area contributed by atoms with Gasteiger partial charge >= 0.3 is 0 Å². The zero-order chi connectivity index (χ0) is 29.6. The van der Waals surface area contributed by atoms with E-state index < -0.39 is 34.3 Å². The zero-order valence-corrected chi connectivity index (χ0v) is 24.8. The standard InChI is InChI=1S/C31H38FN3O4S/c1-21(2)18-33-31(37)25(6)34(19-26-11-13-27(32)14-12-26)30(36)20-35(29-17-23(4)7-10-24(29)5)40(38,39)28-15-8-22(3)9-16-28/h7-17,21,25H,18-20H2,1-6H3,(H,33,37)/t25-/m0/s1. The first-order valence-electron chi connectivity index (χ1n) is 13.3. The van der Waals surface area contributed by atoms with Crippen molar-refractivity contribution in [2.24, 2.45) is 5.92 Å². The van der Waals surface area contributed by atoms with Gasteiger partial charge in [-0.05, 0) is 80.6 Å². The third kappa shape index (κ3) is 7.69. The molecule has 0 aliphatic rings. The van der Waals surface area contributed by atoms with Crippen LogP contribution in [0.15, 0.2) is 71.6 Å². The van der Waals surface area contributed by atoms with Crippen molar-refractivity contribution in [2.75, 3.05) is 17.4 Å². The number of sulfonamides is 1. The van der Waals surface area contributed by atoms with Crippen LogP contribution < -0.4 is 9.62 Å². The van der Waals surface area contributed by atoms with Gasteiger partial charge in [0.1, 0.15) is 18.4 Å². The molecule has 2 amide bonds. The molecule has 0 saturated carbocycles. The number of amides is 2. The predicted octanol–water partition coefficient (Wildman–Crippen LogP) is 5.14. The molecule has 3 aromatic rings. The number of carbonyl (C=O) groups is 2. The fourth-order valence-electron chi connectivity index (χ4n) is 4.16. The second kappa shape index (κ2) is 13.1. The van der Waals surface area contributed by atoms with Crippen molar-refractivity contribution < 1.29 is 22.4 Å². The Kier molecular flexibility index (Phi) is 10.1. The van der Waals surface area contributed by atoms with Gasteiger partial charge in [-0.15, -0.1) is 0 Å². The van der Waals surface area contributed by atoms with Crippen LogP contribution in [0.25, 0.3) is 0 Å². The van der Waals surface area contributed by atoms with Gasteiger partial charge in [0.05, 0.1) is 10.6 Å². The van der Waals surface area contributed by atoms with Crippen LogP contribution in [-0.2, 0) is 26.2 Å². The van der Waals surface area contributed by atoms with Crippen molar-refractivity contribution >= 4 is 27.5 Å². The molecule has 0 aliphatic heterocycles. The number of rotatable bonds is 11. The van der Waals surface area contributed by atoms with E-state index in [1.165, 1.54) is 29.2 Å². The lowest BCUT2D eigenvalue weighted by atomic mass is 10.1. The first-order valence-corrected chi connectivity index (χ1v) is 14.7. The molecule has 0 radical (unpaired) electrons. The van der Waals surface area contributed by atoms with Crippen LogP contribution in [0.2, 0.25) is 0 Å². The molecule has 3 aromatic carbocycles. The summed E-state index contributed by atoms with van der Waals surface area (Å²) in [5.41, 5.74) is 3.41. The summed E-state index contributed by atoms with van der Waals surface area (Å²) >= 11 is 0. The van der Waals surface area contributed by atoms with Crippen molar-refractivity contribution in [1.29, 1.82) is 0 Å². The summed E-state index contributed by atoms with van der Waals surface area (Å²) in [6.07, 6.45) is 0. The highest BCUT2D eigenvalue weighted by molar-refractivity contribution is 7.92. The monoisotopic (exact) mass is 567 g/mol. The Morgan fingerprint density at radius 1 is 0.875 bits per heavy atom. The van der Waals surface area contributed by atoms with Crippen LogP contribution in [-0.4, -0.2) is 44.3 Å². The minimum absolute atomic E-state index is 0.000593. The minimum atomic E-state index is -4.15. The smallest absolute Gasteiger partial charge is 0.264 e. The second-order valence-corrected chi connectivity index (χ2v) is 12.4. The Hall–Kier alpha value is -3.72. The van der Waals surface area contributed by atoms with Crippen molar-refractivity contribution in [3.05, 3.63) is 94.8 Å². The molecule has 40 heavy (non-hydrogen) atoms. The lowest BCUT2D eigenvalue weighted by Gasteiger charge is -2.32. The molecule has 0 heterocycles. The fraction of sp³-hybridized carbons (Fsp3) is 0.355. The molecular weight excluding hydrogens is 529 g/mol. The van der Waals surface area contributed by atoms with Crippen molar-refractivity contribution in [2.45, 2.75) is 59.0 Å². The van der Waals surface area contributed by atoms with Crippen LogP contribution >= 0.6 is 0 Å². The lowest BCUT2D eigenvalue weighted by molar-refractivity contribution is -0.139. The molecule has 1 N–H and O–H groups in total. The lowest BCUT2D eigenvalue weighted by Crippen LogP contribution is -2.51. The highest BCUT2D eigenvalue weighted by Gasteiger charge is 2.33. The number of nitrogens with zero attached hydrogens (tertiary/aromatic N) is 2. The van der Waals surface area contributed by atoms with Gasteiger partial charge in [0.15, 0.2) is 0 Å². The zero-order valence-electron chi connectivity index (χ0n) is 23.9. The Bertz CT molecular complexity index is 1440. The molecule has 0 aliphatic carbocycles. The maximum absolute atomic E-state index is 14.0. The van der Waals surface area contributed by atoms with Crippen LogP contribution in [0.1, 0.15) is 43.0 Å². The van der Waals surface area contributed by atoms with Crippen molar-refractivity contribution in [1.82, 2.24) is 10.2 Å². The minimum Gasteiger partial charge on any atom is -0.354 e. The van der Waals surface area contributed by atoms with Gasteiger partial charge in [-0.2, -0.15) is 0 Å². The van der Waals surface area contributed by atoms with E-state index >= 15 is 0 Å². The van der Waals surface area contributed by atoms with Gasteiger partial charge in [0.25, 0.3) is 10.0 Å². The van der Waals surface area contributed by atoms with Gasteiger partial charge in [-0.25, -0.2) is 12.8 Å². The van der Waals surface area contributed by atoms with E-state index in [1.807, 2.05) is 39.8 Å². The predicted molar refractivity (Wildman–Crippen MR) is 156 cm³/mol. The summed E-state index contributed by atoms with van der Waals surface area (Å²) in [6.45, 7) is 10.9. The number of benzene rings is 3. The van der Waals surface area contributed by atoms with Crippen LogP contribution in [0.4, 0.5) is 10.1 Å². The summed E-state index contributed by atoms with van der Waals surface area (Å²) < 4.78 is 42.6. The van der Waals surface area contributed by atoms with Gasteiger partial charge in [-0.1, -0.05) is 55.8 Å². The molecule has 0 bridgehead atoms. The van der Waals surface area contributed by atoms with Crippen molar-refractivity contribution in [3.63, 3.8) is 0 Å². The number of carbonyl (C=O) groups excluding carboxylic acids is 2. The molecule has 9 heteroatoms. The maximum atomic E-state index is 14.0. The summed E-state index contributed by atoms with van der Waals surface area (Å²) in [7, 11) is -4.15. The SMILES string of the molecule is Cc1ccc(S(=O)(=O)N(CC(=O)N(Cc2ccc(F)cc2)[C@@H](C)C(=O)NCC(C)C)c2cc(C)ccc2C)cc1. The number of nitrogens with one attached hydrogen (secondary N) is 1. The molecule has 0 saturated heterocycles. The van der Waals surface area contributed by atoms with E-state index in [2.05, 4.69) is 5.32 Å². The van der Waals surface area contributed by atoms with Gasteiger partial charge < -0.3 is 10.2 Å². The number of anilines is 1. The Morgan fingerprint density at radius 2 is 1.48 bits per heavy atom. The summed E-state index contributed by atoms with van der Waals surface area (Å²) in [6, 6.07) is 16.6. The average molecular weight is 568 g/mol. The molecule has 0 aromatic heterocycles. The summed E-state index contributed by atoms with van der Waals surface area (Å²) in [5.74, 6) is -1.14. The highest BCUT2D eigenvalue weighted by Crippen LogP contribution is 2.28. The van der Waals surface area contributed by atoms with E-state index in [0.29, 0.717) is 23.4 Å².